The van der Waals surface area contributed by atoms with E-state index in [4.69, 9.17) is 0 Å². The first-order chi connectivity index (χ1) is 6.10. The second-order valence-corrected chi connectivity index (χ2v) is 3.01. The molecule has 4 heteroatoms. The van der Waals surface area contributed by atoms with Crippen LogP contribution in [0.1, 0.15) is 33.6 Å². The van der Waals surface area contributed by atoms with Gasteiger partial charge in [0.1, 0.15) is 0 Å². The molecule has 0 radical (unpaired) electrons. The highest BCUT2D eigenvalue weighted by molar-refractivity contribution is 5.84. The number of hydrogen-bond donors (Lipinski definition) is 2. The van der Waals surface area contributed by atoms with Crippen molar-refractivity contribution < 1.29 is 9.59 Å². The fraction of sp³-hybridized carbons (Fsp3) is 0.778. The van der Waals surface area contributed by atoms with Crippen LogP contribution in [-0.2, 0) is 9.59 Å². The second kappa shape index (κ2) is 6.46. The zero-order valence-corrected chi connectivity index (χ0v) is 8.52. The largest absolute Gasteiger partial charge is 0.352 e. The molecule has 0 heterocycles. The predicted octanol–water partition coefficient (Wildman–Crippen LogP) is 0.427. The van der Waals surface area contributed by atoms with Gasteiger partial charge in [-0.05, 0) is 13.3 Å². The van der Waals surface area contributed by atoms with Crippen molar-refractivity contribution in [3.63, 3.8) is 0 Å². The molecule has 0 saturated carbocycles. The van der Waals surface area contributed by atoms with E-state index < -0.39 is 0 Å². The smallest absolute Gasteiger partial charge is 0.239 e. The molecule has 1 atom stereocenters. The molecule has 76 valence electrons. The predicted molar refractivity (Wildman–Crippen MR) is 51.2 cm³/mol. The first-order valence-corrected chi connectivity index (χ1v) is 4.66. The van der Waals surface area contributed by atoms with Gasteiger partial charge in [0.15, 0.2) is 0 Å². The Morgan fingerprint density at radius 2 is 1.85 bits per heavy atom. The van der Waals surface area contributed by atoms with Crippen LogP contribution in [0.2, 0.25) is 0 Å². The average Bonchev–Trinajstić information content (AvgIpc) is 2.13. The second-order valence-electron chi connectivity index (χ2n) is 3.01. The molecule has 0 aromatic carbocycles. The molecular formula is C9H18N2O2. The average molecular weight is 186 g/mol. The van der Waals surface area contributed by atoms with Gasteiger partial charge in [0.05, 0.1) is 6.54 Å². The first-order valence-electron chi connectivity index (χ1n) is 4.66. The van der Waals surface area contributed by atoms with Crippen LogP contribution in [0, 0.1) is 0 Å². The van der Waals surface area contributed by atoms with Crippen molar-refractivity contribution in [3.8, 4) is 0 Å². The lowest BCUT2D eigenvalue weighted by Gasteiger charge is -2.11. The number of amides is 2. The number of rotatable bonds is 5. The summed E-state index contributed by atoms with van der Waals surface area (Å²) in [5, 5.41) is 5.27. The zero-order valence-electron chi connectivity index (χ0n) is 8.52. The molecule has 0 aromatic heterocycles. The normalized spacial score (nSPS) is 11.9. The SMILES string of the molecule is CCC(=O)NCC(=O)NC(C)CC. The topological polar surface area (TPSA) is 58.2 Å². The third-order valence-electron chi connectivity index (χ3n) is 1.79. The molecule has 2 amide bonds. The molecule has 2 N–H and O–H groups in total. The summed E-state index contributed by atoms with van der Waals surface area (Å²) in [4.78, 5) is 21.9. The molecule has 13 heavy (non-hydrogen) atoms. The Hall–Kier alpha value is -1.06. The Bertz CT molecular complexity index is 180. The van der Waals surface area contributed by atoms with Crippen LogP contribution in [-0.4, -0.2) is 24.4 Å². The highest BCUT2D eigenvalue weighted by Gasteiger charge is 2.05. The minimum Gasteiger partial charge on any atom is -0.352 e. The molecule has 0 rings (SSSR count). The molecule has 4 nitrogen and oxygen atoms in total. The van der Waals surface area contributed by atoms with E-state index in [2.05, 4.69) is 10.6 Å². The molecule has 0 aliphatic carbocycles. The minimum absolute atomic E-state index is 0.0804. The van der Waals surface area contributed by atoms with Gasteiger partial charge in [-0.2, -0.15) is 0 Å². The minimum atomic E-state index is -0.129. The van der Waals surface area contributed by atoms with E-state index in [0.717, 1.165) is 6.42 Å². The van der Waals surface area contributed by atoms with E-state index in [0.29, 0.717) is 6.42 Å². The summed E-state index contributed by atoms with van der Waals surface area (Å²) in [5.41, 5.74) is 0. The van der Waals surface area contributed by atoms with Gasteiger partial charge in [-0.1, -0.05) is 13.8 Å². The number of nitrogens with one attached hydrogen (secondary N) is 2. The van der Waals surface area contributed by atoms with Crippen LogP contribution in [0.4, 0.5) is 0 Å². The summed E-state index contributed by atoms with van der Waals surface area (Å²) >= 11 is 0. The van der Waals surface area contributed by atoms with Gasteiger partial charge < -0.3 is 10.6 Å². The highest BCUT2D eigenvalue weighted by Crippen LogP contribution is 1.86. The Morgan fingerprint density at radius 3 is 2.31 bits per heavy atom. The summed E-state index contributed by atoms with van der Waals surface area (Å²) < 4.78 is 0. The van der Waals surface area contributed by atoms with E-state index in [1.54, 1.807) is 6.92 Å². The van der Waals surface area contributed by atoms with E-state index in [9.17, 15) is 9.59 Å². The maximum absolute atomic E-state index is 11.1. The van der Waals surface area contributed by atoms with Gasteiger partial charge >= 0.3 is 0 Å². The van der Waals surface area contributed by atoms with E-state index >= 15 is 0 Å². The zero-order chi connectivity index (χ0) is 10.3. The van der Waals surface area contributed by atoms with Crippen molar-refractivity contribution >= 4 is 11.8 Å². The summed E-state index contributed by atoms with van der Waals surface area (Å²) in [6.45, 7) is 5.76. The maximum Gasteiger partial charge on any atom is 0.239 e. The molecule has 0 spiro atoms. The van der Waals surface area contributed by atoms with Crippen molar-refractivity contribution in [2.24, 2.45) is 0 Å². The van der Waals surface area contributed by atoms with Crippen LogP contribution in [0.25, 0.3) is 0 Å². The molecule has 0 bridgehead atoms. The summed E-state index contributed by atoms with van der Waals surface area (Å²) in [6.07, 6.45) is 1.31. The van der Waals surface area contributed by atoms with Crippen LogP contribution in [0.3, 0.4) is 0 Å². The van der Waals surface area contributed by atoms with Crippen LogP contribution in [0.15, 0.2) is 0 Å². The van der Waals surface area contributed by atoms with Crippen molar-refractivity contribution in [1.82, 2.24) is 10.6 Å². The maximum atomic E-state index is 11.1. The van der Waals surface area contributed by atoms with Crippen LogP contribution < -0.4 is 10.6 Å². The monoisotopic (exact) mass is 186 g/mol. The van der Waals surface area contributed by atoms with E-state index in [1.165, 1.54) is 0 Å². The van der Waals surface area contributed by atoms with Crippen molar-refractivity contribution in [3.05, 3.63) is 0 Å². The quantitative estimate of drug-likeness (QED) is 0.654. The van der Waals surface area contributed by atoms with Gasteiger partial charge in [-0.15, -0.1) is 0 Å². The van der Waals surface area contributed by atoms with Gasteiger partial charge in [0, 0.05) is 12.5 Å². The van der Waals surface area contributed by atoms with Crippen molar-refractivity contribution in [1.29, 1.82) is 0 Å². The Balaban J connectivity index is 3.57. The lowest BCUT2D eigenvalue weighted by molar-refractivity contribution is -0.126. The Labute approximate surface area is 79.1 Å². The molecule has 0 aliphatic rings. The Morgan fingerprint density at radius 1 is 1.23 bits per heavy atom. The van der Waals surface area contributed by atoms with Crippen LogP contribution >= 0.6 is 0 Å². The standard InChI is InChI=1S/C9H18N2O2/c1-4-7(3)11-9(13)6-10-8(12)5-2/h7H,4-6H2,1-3H3,(H,10,12)(H,11,13). The summed E-state index contributed by atoms with van der Waals surface area (Å²) in [7, 11) is 0. The van der Waals surface area contributed by atoms with Crippen LogP contribution in [0.5, 0.6) is 0 Å². The molecule has 1 unspecified atom stereocenters. The lowest BCUT2D eigenvalue weighted by atomic mass is 10.2. The highest BCUT2D eigenvalue weighted by atomic mass is 16.2. The molecule has 0 saturated heterocycles. The van der Waals surface area contributed by atoms with Crippen molar-refractivity contribution in [2.45, 2.75) is 39.7 Å². The van der Waals surface area contributed by atoms with E-state index in [-0.39, 0.29) is 24.4 Å². The fourth-order valence-electron chi connectivity index (χ4n) is 0.732. The van der Waals surface area contributed by atoms with Crippen molar-refractivity contribution in [2.75, 3.05) is 6.54 Å². The molecule has 0 fully saturated rings. The first kappa shape index (κ1) is 11.9. The molecular weight excluding hydrogens is 168 g/mol. The van der Waals surface area contributed by atoms with Gasteiger partial charge in [0.2, 0.25) is 11.8 Å². The number of hydrogen-bond acceptors (Lipinski definition) is 2. The number of carbonyl (C=O) groups is 2. The Kier molecular flexibility index (Phi) is 5.93. The fourth-order valence-corrected chi connectivity index (χ4v) is 0.732. The summed E-state index contributed by atoms with van der Waals surface area (Å²) in [5.74, 6) is -0.226. The third-order valence-corrected chi connectivity index (χ3v) is 1.79. The molecule has 0 aromatic rings. The van der Waals surface area contributed by atoms with Gasteiger partial charge in [0.25, 0.3) is 0 Å². The lowest BCUT2D eigenvalue weighted by Crippen LogP contribution is -2.40. The molecule has 0 aliphatic heterocycles. The van der Waals surface area contributed by atoms with Gasteiger partial charge in [-0.3, -0.25) is 9.59 Å². The van der Waals surface area contributed by atoms with Gasteiger partial charge in [-0.25, -0.2) is 0 Å². The van der Waals surface area contributed by atoms with E-state index in [1.807, 2.05) is 13.8 Å². The summed E-state index contributed by atoms with van der Waals surface area (Å²) in [6, 6.07) is 0.172. The third kappa shape index (κ3) is 6.13. The number of carbonyl (C=O) groups excluding carboxylic acids is 2.